The van der Waals surface area contributed by atoms with E-state index in [0.717, 1.165) is 13.0 Å². The minimum Gasteiger partial charge on any atom is -0.387 e. The fourth-order valence-corrected chi connectivity index (χ4v) is 2.91. The number of rotatable bonds is 4. The molecule has 1 fully saturated rings. The highest BCUT2D eigenvalue weighted by Crippen LogP contribution is 2.21. The molecule has 1 aromatic rings. The average molecular weight is 296 g/mol. The Hall–Kier alpha value is -1.88. The molecule has 4 N–H and O–H groups in total. The average Bonchev–Trinajstić information content (AvgIpc) is 3.06. The summed E-state index contributed by atoms with van der Waals surface area (Å²) in [6.45, 7) is 5.14. The van der Waals surface area contributed by atoms with Crippen molar-refractivity contribution >= 4 is 6.08 Å². The number of nitrogens with one attached hydrogen (secondary N) is 4. The van der Waals surface area contributed by atoms with Gasteiger partial charge in [0.25, 0.3) is 0 Å². The van der Waals surface area contributed by atoms with Gasteiger partial charge in [-0.15, -0.1) is 0 Å². The Morgan fingerprint density at radius 1 is 1.23 bits per heavy atom. The molecule has 0 saturated carbocycles. The third kappa shape index (κ3) is 3.14. The van der Waals surface area contributed by atoms with Crippen molar-refractivity contribution in [1.82, 2.24) is 21.5 Å². The Balaban J connectivity index is 1.76. The van der Waals surface area contributed by atoms with Crippen LogP contribution in [-0.4, -0.2) is 12.7 Å². The molecule has 0 aliphatic carbocycles. The summed E-state index contributed by atoms with van der Waals surface area (Å²) < 4.78 is 0. The smallest absolute Gasteiger partial charge is 0.0978 e. The lowest BCUT2D eigenvalue weighted by Gasteiger charge is -2.17. The highest BCUT2D eigenvalue weighted by Gasteiger charge is 2.26. The SMILES string of the molecule is C/C=C\c1cc(C2NNC(C3=CCNC=C3)N2)ccc1CC. The van der Waals surface area contributed by atoms with Crippen molar-refractivity contribution < 1.29 is 0 Å². The highest BCUT2D eigenvalue weighted by atomic mass is 15.5. The lowest BCUT2D eigenvalue weighted by Crippen LogP contribution is -2.36. The second-order valence-electron chi connectivity index (χ2n) is 5.58. The van der Waals surface area contributed by atoms with Crippen LogP contribution in [0.3, 0.4) is 0 Å². The van der Waals surface area contributed by atoms with Gasteiger partial charge in [-0.05, 0) is 54.0 Å². The van der Waals surface area contributed by atoms with Gasteiger partial charge >= 0.3 is 0 Å². The second kappa shape index (κ2) is 6.92. The van der Waals surface area contributed by atoms with Gasteiger partial charge in [0, 0.05) is 6.54 Å². The number of benzene rings is 1. The number of allylic oxidation sites excluding steroid dienone is 1. The van der Waals surface area contributed by atoms with Crippen LogP contribution in [0.2, 0.25) is 0 Å². The van der Waals surface area contributed by atoms with Gasteiger partial charge in [-0.3, -0.25) is 5.32 Å². The van der Waals surface area contributed by atoms with Gasteiger partial charge in [0.2, 0.25) is 0 Å². The monoisotopic (exact) mass is 296 g/mol. The molecule has 2 aliphatic rings. The van der Waals surface area contributed by atoms with E-state index in [4.69, 9.17) is 0 Å². The van der Waals surface area contributed by atoms with Crippen LogP contribution in [0.1, 0.15) is 36.7 Å². The highest BCUT2D eigenvalue weighted by molar-refractivity contribution is 5.55. The fraction of sp³-hybridized carbons (Fsp3) is 0.333. The van der Waals surface area contributed by atoms with Crippen molar-refractivity contribution in [1.29, 1.82) is 0 Å². The van der Waals surface area contributed by atoms with Crippen molar-refractivity contribution in [3.05, 3.63) is 64.9 Å². The third-order valence-electron chi connectivity index (χ3n) is 4.12. The molecule has 0 bridgehead atoms. The number of hydrazine groups is 1. The van der Waals surface area contributed by atoms with Crippen LogP contribution >= 0.6 is 0 Å². The standard InChI is InChI=1S/C18H24N4/c1-3-5-15-12-16(7-6-13(15)4-2)18-20-17(21-22-18)14-8-10-19-11-9-14/h3,5-10,12,17-22H,4,11H2,1-2H3/b5-3-. The molecule has 0 spiro atoms. The van der Waals surface area contributed by atoms with Crippen LogP contribution in [0.25, 0.3) is 6.08 Å². The summed E-state index contributed by atoms with van der Waals surface area (Å²) in [7, 11) is 0. The van der Waals surface area contributed by atoms with Crippen LogP contribution in [0.4, 0.5) is 0 Å². The molecule has 2 aliphatic heterocycles. The van der Waals surface area contributed by atoms with Crippen molar-refractivity contribution in [3.63, 3.8) is 0 Å². The topological polar surface area (TPSA) is 48.1 Å². The number of hydrogen-bond acceptors (Lipinski definition) is 4. The quantitative estimate of drug-likeness (QED) is 0.689. The summed E-state index contributed by atoms with van der Waals surface area (Å²) in [4.78, 5) is 0. The predicted molar refractivity (Wildman–Crippen MR) is 91.7 cm³/mol. The molecule has 116 valence electrons. The largest absolute Gasteiger partial charge is 0.387 e. The molecule has 2 unspecified atom stereocenters. The summed E-state index contributed by atoms with van der Waals surface area (Å²) in [6, 6.07) is 6.69. The maximum atomic E-state index is 3.59. The molecule has 1 aromatic carbocycles. The van der Waals surface area contributed by atoms with E-state index < -0.39 is 0 Å². The van der Waals surface area contributed by atoms with Crippen molar-refractivity contribution in [3.8, 4) is 0 Å². The van der Waals surface area contributed by atoms with Crippen LogP contribution in [0, 0.1) is 0 Å². The van der Waals surface area contributed by atoms with E-state index in [1.807, 2.05) is 6.20 Å². The molecular formula is C18H24N4. The maximum absolute atomic E-state index is 3.59. The van der Waals surface area contributed by atoms with Crippen LogP contribution in [-0.2, 0) is 6.42 Å². The molecule has 4 heteroatoms. The van der Waals surface area contributed by atoms with Crippen LogP contribution in [0.15, 0.2) is 48.2 Å². The molecule has 2 heterocycles. The molecule has 0 aromatic heterocycles. The van der Waals surface area contributed by atoms with E-state index in [0.29, 0.717) is 0 Å². The van der Waals surface area contributed by atoms with E-state index in [1.165, 1.54) is 22.3 Å². The molecule has 2 atom stereocenters. The zero-order valence-electron chi connectivity index (χ0n) is 13.2. The Morgan fingerprint density at radius 3 is 2.82 bits per heavy atom. The Bertz CT molecular complexity index is 616. The van der Waals surface area contributed by atoms with E-state index in [2.05, 4.69) is 77.8 Å². The van der Waals surface area contributed by atoms with Gasteiger partial charge in [-0.1, -0.05) is 37.3 Å². The Kier molecular flexibility index (Phi) is 4.73. The van der Waals surface area contributed by atoms with E-state index >= 15 is 0 Å². The van der Waals surface area contributed by atoms with E-state index in [1.54, 1.807) is 0 Å². The molecular weight excluding hydrogens is 272 g/mol. The van der Waals surface area contributed by atoms with E-state index in [9.17, 15) is 0 Å². The first-order valence-corrected chi connectivity index (χ1v) is 7.94. The molecule has 0 radical (unpaired) electrons. The summed E-state index contributed by atoms with van der Waals surface area (Å²) in [5.74, 6) is 0. The molecule has 4 nitrogen and oxygen atoms in total. The van der Waals surface area contributed by atoms with Crippen molar-refractivity contribution in [2.24, 2.45) is 0 Å². The summed E-state index contributed by atoms with van der Waals surface area (Å²) in [5, 5.41) is 6.76. The zero-order valence-corrected chi connectivity index (χ0v) is 13.2. The summed E-state index contributed by atoms with van der Waals surface area (Å²) >= 11 is 0. The predicted octanol–water partition coefficient (Wildman–Crippen LogP) is 2.35. The summed E-state index contributed by atoms with van der Waals surface area (Å²) in [6.07, 6.45) is 11.9. The Morgan fingerprint density at radius 2 is 2.09 bits per heavy atom. The number of aryl methyl sites for hydroxylation is 1. The maximum Gasteiger partial charge on any atom is 0.0978 e. The first-order valence-electron chi connectivity index (χ1n) is 7.94. The first-order chi connectivity index (χ1) is 10.8. The van der Waals surface area contributed by atoms with Gasteiger partial charge in [0.15, 0.2) is 0 Å². The zero-order chi connectivity index (χ0) is 15.4. The van der Waals surface area contributed by atoms with Gasteiger partial charge in [0.1, 0.15) is 0 Å². The minimum absolute atomic E-state index is 0.115. The summed E-state index contributed by atoms with van der Waals surface area (Å²) in [5.41, 5.74) is 11.9. The Labute approximate surface area is 132 Å². The van der Waals surface area contributed by atoms with Gasteiger partial charge in [0.05, 0.1) is 12.3 Å². The lowest BCUT2D eigenvalue weighted by molar-refractivity contribution is 0.554. The first kappa shape index (κ1) is 15.0. The number of hydrogen-bond donors (Lipinski definition) is 4. The lowest BCUT2D eigenvalue weighted by atomic mass is 10.00. The van der Waals surface area contributed by atoms with E-state index in [-0.39, 0.29) is 12.3 Å². The molecule has 3 rings (SSSR count). The van der Waals surface area contributed by atoms with Crippen molar-refractivity contribution in [2.45, 2.75) is 32.6 Å². The molecule has 1 saturated heterocycles. The minimum atomic E-state index is 0.115. The normalized spacial score (nSPS) is 24.5. The van der Waals surface area contributed by atoms with Crippen molar-refractivity contribution in [2.75, 3.05) is 6.54 Å². The van der Waals surface area contributed by atoms with Gasteiger partial charge in [-0.2, -0.15) is 0 Å². The van der Waals surface area contributed by atoms with Gasteiger partial charge in [-0.25, -0.2) is 10.9 Å². The van der Waals surface area contributed by atoms with Gasteiger partial charge < -0.3 is 5.32 Å². The van der Waals surface area contributed by atoms with Crippen LogP contribution in [0.5, 0.6) is 0 Å². The van der Waals surface area contributed by atoms with Crippen LogP contribution < -0.4 is 21.5 Å². The molecule has 0 amide bonds. The fourth-order valence-electron chi connectivity index (χ4n) is 2.91. The second-order valence-corrected chi connectivity index (χ2v) is 5.58. The molecule has 22 heavy (non-hydrogen) atoms. The third-order valence-corrected chi connectivity index (χ3v) is 4.12. The number of dihydropyridines is 1.